The predicted octanol–water partition coefficient (Wildman–Crippen LogP) is 1.82. The number of carbonyl (C=O) groups is 1. The maximum absolute atomic E-state index is 12.4. The van der Waals surface area contributed by atoms with Gasteiger partial charge in [0, 0.05) is 6.54 Å². The molecule has 4 N–H and O–H groups in total. The van der Waals surface area contributed by atoms with Crippen LogP contribution in [0.5, 0.6) is 0 Å². The Balaban J connectivity index is 1.85. The van der Waals surface area contributed by atoms with Gasteiger partial charge in [0.15, 0.2) is 16.8 Å². The van der Waals surface area contributed by atoms with Crippen LogP contribution in [-0.4, -0.2) is 46.5 Å². The molecule has 0 aromatic carbocycles. The van der Waals surface area contributed by atoms with Gasteiger partial charge in [-0.15, -0.1) is 0 Å². The molecule has 10 heteroatoms. The average Bonchev–Trinajstić information content (AvgIpc) is 2.98. The fourth-order valence-corrected chi connectivity index (χ4v) is 3.77. The molecule has 1 aliphatic carbocycles. The number of hydrogen-bond donors (Lipinski definition) is 3. The van der Waals surface area contributed by atoms with Gasteiger partial charge in [-0.1, -0.05) is 11.6 Å². The van der Waals surface area contributed by atoms with Crippen LogP contribution in [0.4, 0.5) is 11.5 Å². The smallest absolute Gasteiger partial charge is 0.225 e. The van der Waals surface area contributed by atoms with Crippen molar-refractivity contribution in [1.29, 1.82) is 0 Å². The van der Waals surface area contributed by atoms with E-state index in [1.807, 2.05) is 20.8 Å². The van der Waals surface area contributed by atoms with Gasteiger partial charge in [-0.25, -0.2) is 4.98 Å². The first-order chi connectivity index (χ1) is 11.7. The van der Waals surface area contributed by atoms with E-state index in [1.165, 1.54) is 0 Å². The van der Waals surface area contributed by atoms with Gasteiger partial charge in [-0.3, -0.25) is 4.79 Å². The van der Waals surface area contributed by atoms with E-state index in [0.717, 1.165) is 0 Å². The molecule has 2 aliphatic rings. The Morgan fingerprint density at radius 1 is 1.32 bits per heavy atom. The zero-order valence-electron chi connectivity index (χ0n) is 14.2. The van der Waals surface area contributed by atoms with Crippen LogP contribution in [0, 0.1) is 5.92 Å². The maximum Gasteiger partial charge on any atom is 0.225 e. The fourth-order valence-electron chi connectivity index (χ4n) is 3.39. The standard InChI is InChI=1S/C15H21Cl2N5O3/c1-4-19-13(23)6-5-7(10-9(6)24-15(2,3)25-10)20-12-8(18)11(16)21-14(17)22-12/h6-7,9-10H,4-5,18H2,1-3H3,(H,19,23)(H,20,21,22)/t6-,7+,9+,10-/m0/s1. The first-order valence-corrected chi connectivity index (χ1v) is 8.86. The molecule has 1 aliphatic heterocycles. The van der Waals surface area contributed by atoms with Crippen molar-refractivity contribution in [2.24, 2.45) is 5.92 Å². The molecule has 2 fully saturated rings. The SMILES string of the molecule is CCNC(=O)[C@H]1C[C@@H](Nc2nc(Cl)nc(Cl)c2N)[C@@H]2OC(C)(C)O[C@@H]21. The van der Waals surface area contributed by atoms with Gasteiger partial charge in [0.05, 0.1) is 12.0 Å². The summed E-state index contributed by atoms with van der Waals surface area (Å²) in [5.41, 5.74) is 6.13. The highest BCUT2D eigenvalue weighted by atomic mass is 35.5. The van der Waals surface area contributed by atoms with E-state index < -0.39 is 5.79 Å². The lowest BCUT2D eigenvalue weighted by Gasteiger charge is -2.24. The second kappa shape index (κ2) is 6.75. The van der Waals surface area contributed by atoms with Gasteiger partial charge in [0.2, 0.25) is 11.2 Å². The molecule has 0 bridgehead atoms. The Bertz CT molecular complexity index is 687. The third kappa shape index (κ3) is 3.62. The third-order valence-electron chi connectivity index (χ3n) is 4.35. The van der Waals surface area contributed by atoms with Gasteiger partial charge in [0.1, 0.15) is 17.9 Å². The van der Waals surface area contributed by atoms with Crippen molar-refractivity contribution in [3.8, 4) is 0 Å². The highest BCUT2D eigenvalue weighted by Gasteiger charge is 2.56. The van der Waals surface area contributed by atoms with Crippen molar-refractivity contribution in [2.75, 3.05) is 17.6 Å². The molecule has 3 rings (SSSR count). The molecule has 1 amide bonds. The molecular formula is C15H21Cl2N5O3. The molecule has 0 radical (unpaired) electrons. The van der Waals surface area contributed by atoms with Crippen LogP contribution in [0.2, 0.25) is 10.4 Å². The Morgan fingerprint density at radius 3 is 2.68 bits per heavy atom. The molecule has 0 spiro atoms. The summed E-state index contributed by atoms with van der Waals surface area (Å²) >= 11 is 11.8. The van der Waals surface area contributed by atoms with Crippen LogP contribution >= 0.6 is 23.2 Å². The highest BCUT2D eigenvalue weighted by molar-refractivity contribution is 6.34. The summed E-state index contributed by atoms with van der Waals surface area (Å²) in [6, 6.07) is -0.233. The zero-order valence-corrected chi connectivity index (χ0v) is 15.7. The molecule has 0 unspecified atom stereocenters. The van der Waals surface area contributed by atoms with Gasteiger partial charge in [0.25, 0.3) is 0 Å². The van der Waals surface area contributed by atoms with Gasteiger partial charge in [-0.2, -0.15) is 4.98 Å². The number of nitrogens with two attached hydrogens (primary N) is 1. The van der Waals surface area contributed by atoms with Crippen LogP contribution in [0.3, 0.4) is 0 Å². The zero-order chi connectivity index (χ0) is 18.4. The van der Waals surface area contributed by atoms with E-state index in [4.69, 9.17) is 38.4 Å². The van der Waals surface area contributed by atoms with E-state index in [1.54, 1.807) is 0 Å². The number of aromatic nitrogens is 2. The minimum atomic E-state index is -0.771. The number of ether oxygens (including phenoxy) is 2. The molecule has 1 aromatic rings. The topological polar surface area (TPSA) is 111 Å². The molecule has 1 saturated heterocycles. The number of anilines is 2. The summed E-state index contributed by atoms with van der Waals surface area (Å²) in [4.78, 5) is 20.3. The quantitative estimate of drug-likeness (QED) is 0.531. The number of hydrogen-bond acceptors (Lipinski definition) is 7. The van der Waals surface area contributed by atoms with E-state index in [0.29, 0.717) is 18.8 Å². The molecule has 2 heterocycles. The molecule has 1 aromatic heterocycles. The van der Waals surface area contributed by atoms with Crippen molar-refractivity contribution in [2.45, 2.75) is 51.2 Å². The van der Waals surface area contributed by atoms with E-state index in [9.17, 15) is 4.79 Å². The summed E-state index contributed by atoms with van der Waals surface area (Å²) in [5.74, 6) is -0.848. The number of fused-ring (bicyclic) bond motifs is 1. The first-order valence-electron chi connectivity index (χ1n) is 8.10. The Kier molecular flexibility index (Phi) is 4.98. The number of rotatable bonds is 4. The number of carbonyl (C=O) groups excluding carboxylic acids is 1. The van der Waals surface area contributed by atoms with Crippen LogP contribution in [0.15, 0.2) is 0 Å². The van der Waals surface area contributed by atoms with Gasteiger partial charge < -0.3 is 25.8 Å². The van der Waals surface area contributed by atoms with Crippen molar-refractivity contribution in [1.82, 2.24) is 15.3 Å². The van der Waals surface area contributed by atoms with E-state index in [-0.39, 0.29) is 46.2 Å². The molecule has 25 heavy (non-hydrogen) atoms. The predicted molar refractivity (Wildman–Crippen MR) is 94.5 cm³/mol. The molecule has 138 valence electrons. The molecule has 1 saturated carbocycles. The lowest BCUT2D eigenvalue weighted by molar-refractivity contribution is -0.160. The molecule has 4 atom stereocenters. The minimum absolute atomic E-state index is 0.0135. The largest absolute Gasteiger partial charge is 0.393 e. The van der Waals surface area contributed by atoms with Crippen molar-refractivity contribution < 1.29 is 14.3 Å². The van der Waals surface area contributed by atoms with Crippen LogP contribution in [0.25, 0.3) is 0 Å². The number of nitrogen functional groups attached to an aromatic ring is 1. The fraction of sp³-hybridized carbons (Fsp3) is 0.667. The Labute approximate surface area is 155 Å². The molecule has 8 nitrogen and oxygen atoms in total. The van der Waals surface area contributed by atoms with E-state index in [2.05, 4.69) is 20.6 Å². The summed E-state index contributed by atoms with van der Waals surface area (Å²) in [5, 5.41) is 6.10. The van der Waals surface area contributed by atoms with E-state index >= 15 is 0 Å². The number of halogens is 2. The minimum Gasteiger partial charge on any atom is -0.393 e. The second-order valence-electron chi connectivity index (χ2n) is 6.60. The lowest BCUT2D eigenvalue weighted by Crippen LogP contribution is -2.37. The highest BCUT2D eigenvalue weighted by Crippen LogP contribution is 2.43. The lowest BCUT2D eigenvalue weighted by atomic mass is 10.0. The summed E-state index contributed by atoms with van der Waals surface area (Å²) in [6.07, 6.45) is -0.168. The Morgan fingerprint density at radius 2 is 2.00 bits per heavy atom. The van der Waals surface area contributed by atoms with Crippen molar-refractivity contribution in [3.05, 3.63) is 10.4 Å². The first kappa shape index (κ1) is 18.4. The summed E-state index contributed by atoms with van der Waals surface area (Å²) in [6.45, 7) is 6.08. The van der Waals surface area contributed by atoms with Crippen molar-refractivity contribution >= 4 is 40.6 Å². The second-order valence-corrected chi connectivity index (χ2v) is 7.29. The maximum atomic E-state index is 12.4. The summed E-state index contributed by atoms with van der Waals surface area (Å²) < 4.78 is 12.0. The molecular weight excluding hydrogens is 369 g/mol. The number of nitrogens with zero attached hydrogens (tertiary/aromatic N) is 2. The normalized spacial score (nSPS) is 30.1. The van der Waals surface area contributed by atoms with Crippen LogP contribution < -0.4 is 16.4 Å². The number of amides is 1. The van der Waals surface area contributed by atoms with Gasteiger partial charge in [-0.05, 0) is 38.8 Å². The monoisotopic (exact) mass is 389 g/mol. The average molecular weight is 390 g/mol. The van der Waals surface area contributed by atoms with Gasteiger partial charge >= 0.3 is 0 Å². The summed E-state index contributed by atoms with van der Waals surface area (Å²) in [7, 11) is 0. The van der Waals surface area contributed by atoms with Crippen molar-refractivity contribution in [3.63, 3.8) is 0 Å². The third-order valence-corrected chi connectivity index (χ3v) is 4.80. The van der Waals surface area contributed by atoms with Crippen LogP contribution in [0.1, 0.15) is 27.2 Å². The Hall–Kier alpha value is -1.35. The number of nitrogens with one attached hydrogen (secondary N) is 2. The van der Waals surface area contributed by atoms with Crippen LogP contribution in [-0.2, 0) is 14.3 Å².